The molecule has 1 unspecified atom stereocenters. The maximum absolute atomic E-state index is 11.8. The molecule has 0 bridgehead atoms. The number of anilines is 1. The number of benzene rings is 1. The van der Waals surface area contributed by atoms with Crippen molar-refractivity contribution in [2.24, 2.45) is 5.92 Å². The molecule has 0 spiro atoms. The smallest absolute Gasteiger partial charge is 0.244 e. The van der Waals surface area contributed by atoms with Gasteiger partial charge in [0.1, 0.15) is 0 Å². The number of nitrogens with zero attached hydrogens (tertiary/aromatic N) is 1. The van der Waals surface area contributed by atoms with Crippen LogP contribution in [0.1, 0.15) is 12.5 Å². The van der Waals surface area contributed by atoms with Crippen molar-refractivity contribution in [1.29, 1.82) is 0 Å². The van der Waals surface area contributed by atoms with Crippen molar-refractivity contribution in [3.05, 3.63) is 29.8 Å². The number of sulfonamides is 1. The molecule has 5 heteroatoms. The van der Waals surface area contributed by atoms with Crippen LogP contribution >= 0.6 is 0 Å². The fraction of sp³-hybridized carbons (Fsp3) is 0.364. The maximum atomic E-state index is 11.8. The van der Waals surface area contributed by atoms with Gasteiger partial charge in [0, 0.05) is 0 Å². The average molecular weight is 239 g/mol. The molecule has 86 valence electrons. The molecule has 1 amide bonds. The highest BCUT2D eigenvalue weighted by molar-refractivity contribution is 7.94. The second-order valence-corrected chi connectivity index (χ2v) is 5.93. The topological polar surface area (TPSA) is 54.5 Å². The van der Waals surface area contributed by atoms with Crippen LogP contribution < -0.4 is 4.31 Å². The zero-order chi connectivity index (χ0) is 11.9. The Labute approximate surface area is 94.9 Å². The van der Waals surface area contributed by atoms with Crippen LogP contribution in [0.15, 0.2) is 24.3 Å². The number of carbonyl (C=O) groups is 1. The van der Waals surface area contributed by atoms with Crippen molar-refractivity contribution in [1.82, 2.24) is 0 Å². The lowest BCUT2D eigenvalue weighted by Crippen LogP contribution is -2.30. The summed E-state index contributed by atoms with van der Waals surface area (Å²) in [5.41, 5.74) is 1.25. The van der Waals surface area contributed by atoms with E-state index >= 15 is 0 Å². The molecule has 1 aromatic rings. The van der Waals surface area contributed by atoms with Crippen LogP contribution in [-0.4, -0.2) is 20.1 Å². The van der Waals surface area contributed by atoms with Crippen molar-refractivity contribution < 1.29 is 13.2 Å². The number of amides is 1. The molecule has 0 saturated carbocycles. The highest BCUT2D eigenvalue weighted by Crippen LogP contribution is 2.30. The quantitative estimate of drug-likeness (QED) is 0.742. The summed E-state index contributed by atoms with van der Waals surface area (Å²) in [5, 5.41) is 0. The highest BCUT2D eigenvalue weighted by atomic mass is 32.2. The Morgan fingerprint density at radius 2 is 1.94 bits per heavy atom. The summed E-state index contributed by atoms with van der Waals surface area (Å²) >= 11 is 0. The molecule has 1 fully saturated rings. The Hall–Kier alpha value is -1.36. The first-order chi connectivity index (χ1) is 7.43. The molecule has 0 aliphatic carbocycles. The molecule has 1 aliphatic rings. The molecule has 0 aromatic heterocycles. The van der Waals surface area contributed by atoms with Crippen LogP contribution in [0.4, 0.5) is 5.69 Å². The van der Waals surface area contributed by atoms with Gasteiger partial charge in [-0.15, -0.1) is 0 Å². The standard InChI is InChI=1S/C11H13NO3S/c1-8-5-3-4-6-10(8)12-11(13)9(2)7-16(12,14)15/h3-6,9H,7H2,1-2H3. The molecule has 2 rings (SSSR count). The predicted molar refractivity (Wildman–Crippen MR) is 61.6 cm³/mol. The Morgan fingerprint density at radius 3 is 2.44 bits per heavy atom. The predicted octanol–water partition coefficient (Wildman–Crippen LogP) is 1.31. The van der Waals surface area contributed by atoms with Crippen molar-refractivity contribution >= 4 is 21.6 Å². The minimum absolute atomic E-state index is 0.0971. The van der Waals surface area contributed by atoms with E-state index in [1.54, 1.807) is 32.0 Å². The summed E-state index contributed by atoms with van der Waals surface area (Å²) in [7, 11) is -3.48. The largest absolute Gasteiger partial charge is 0.273 e. The molecule has 4 nitrogen and oxygen atoms in total. The van der Waals surface area contributed by atoms with Gasteiger partial charge in [-0.25, -0.2) is 12.7 Å². The molecule has 0 N–H and O–H groups in total. The van der Waals surface area contributed by atoms with Crippen molar-refractivity contribution in [2.75, 3.05) is 10.1 Å². The Balaban J connectivity index is 2.57. The minimum atomic E-state index is -3.48. The molecule has 1 heterocycles. The Kier molecular flexibility index (Phi) is 2.50. The first-order valence-electron chi connectivity index (χ1n) is 5.06. The van der Waals surface area contributed by atoms with Gasteiger partial charge in [-0.2, -0.15) is 0 Å². The summed E-state index contributed by atoms with van der Waals surface area (Å²) < 4.78 is 24.6. The summed E-state index contributed by atoms with van der Waals surface area (Å²) in [6.07, 6.45) is 0. The summed E-state index contributed by atoms with van der Waals surface area (Å²) in [6, 6.07) is 6.99. The van der Waals surface area contributed by atoms with Crippen LogP contribution in [0.25, 0.3) is 0 Å². The normalized spacial score (nSPS) is 23.8. The lowest BCUT2D eigenvalue weighted by atomic mass is 10.1. The Morgan fingerprint density at radius 1 is 1.31 bits per heavy atom. The monoisotopic (exact) mass is 239 g/mol. The van der Waals surface area contributed by atoms with Gasteiger partial charge in [0.2, 0.25) is 15.9 Å². The number of carbonyl (C=O) groups excluding carboxylic acids is 1. The molecule has 1 aromatic carbocycles. The van der Waals surface area contributed by atoms with Gasteiger partial charge in [0.05, 0.1) is 17.4 Å². The van der Waals surface area contributed by atoms with E-state index in [2.05, 4.69) is 0 Å². The van der Waals surface area contributed by atoms with Crippen molar-refractivity contribution in [2.45, 2.75) is 13.8 Å². The second kappa shape index (κ2) is 3.59. The van der Waals surface area contributed by atoms with Gasteiger partial charge in [0.25, 0.3) is 0 Å². The zero-order valence-electron chi connectivity index (χ0n) is 9.17. The van der Waals surface area contributed by atoms with E-state index in [-0.39, 0.29) is 11.7 Å². The first kappa shape index (κ1) is 11.1. The molecule has 1 atom stereocenters. The third-order valence-corrected chi connectivity index (χ3v) is 4.55. The van der Waals surface area contributed by atoms with E-state index in [0.29, 0.717) is 5.69 Å². The third kappa shape index (κ3) is 1.61. The molecule has 1 saturated heterocycles. The lowest BCUT2D eigenvalue weighted by Gasteiger charge is -2.17. The Bertz CT molecular complexity index is 536. The van der Waals surface area contributed by atoms with Crippen LogP contribution in [0.2, 0.25) is 0 Å². The van der Waals surface area contributed by atoms with Gasteiger partial charge < -0.3 is 0 Å². The van der Waals surface area contributed by atoms with E-state index in [9.17, 15) is 13.2 Å². The molecular weight excluding hydrogens is 226 g/mol. The summed E-state index contributed by atoms with van der Waals surface area (Å²) in [6.45, 7) is 3.43. The fourth-order valence-electron chi connectivity index (χ4n) is 1.86. The van der Waals surface area contributed by atoms with Crippen molar-refractivity contribution in [3.63, 3.8) is 0 Å². The van der Waals surface area contributed by atoms with E-state index in [4.69, 9.17) is 0 Å². The van der Waals surface area contributed by atoms with Gasteiger partial charge in [-0.3, -0.25) is 4.79 Å². The van der Waals surface area contributed by atoms with Crippen LogP contribution in [0.3, 0.4) is 0 Å². The summed E-state index contributed by atoms with van der Waals surface area (Å²) in [4.78, 5) is 11.8. The molecule has 1 aliphatic heterocycles. The molecule has 0 radical (unpaired) electrons. The fourth-order valence-corrected chi connectivity index (χ4v) is 3.74. The first-order valence-corrected chi connectivity index (χ1v) is 6.67. The zero-order valence-corrected chi connectivity index (χ0v) is 9.99. The van der Waals surface area contributed by atoms with E-state index in [0.717, 1.165) is 9.87 Å². The number of aryl methyl sites for hydroxylation is 1. The van der Waals surface area contributed by atoms with Crippen LogP contribution in [0, 0.1) is 12.8 Å². The van der Waals surface area contributed by atoms with Gasteiger partial charge >= 0.3 is 0 Å². The number of hydrogen-bond acceptors (Lipinski definition) is 3. The third-order valence-electron chi connectivity index (χ3n) is 2.69. The second-order valence-electron chi connectivity index (χ2n) is 4.07. The SMILES string of the molecule is Cc1ccccc1N1C(=O)C(C)CS1(=O)=O. The number of para-hydroxylation sites is 1. The van der Waals surface area contributed by atoms with Crippen molar-refractivity contribution in [3.8, 4) is 0 Å². The van der Waals surface area contributed by atoms with Gasteiger partial charge in [-0.05, 0) is 18.6 Å². The number of hydrogen-bond donors (Lipinski definition) is 0. The minimum Gasteiger partial charge on any atom is -0.273 e. The van der Waals surface area contributed by atoms with E-state index < -0.39 is 15.9 Å². The maximum Gasteiger partial charge on any atom is 0.244 e. The average Bonchev–Trinajstić information content (AvgIpc) is 2.38. The molecule has 16 heavy (non-hydrogen) atoms. The van der Waals surface area contributed by atoms with Gasteiger partial charge in [0.15, 0.2) is 0 Å². The van der Waals surface area contributed by atoms with E-state index in [1.165, 1.54) is 0 Å². The summed E-state index contributed by atoms with van der Waals surface area (Å²) in [5.74, 6) is -0.890. The van der Waals surface area contributed by atoms with Crippen LogP contribution in [-0.2, 0) is 14.8 Å². The lowest BCUT2D eigenvalue weighted by molar-refractivity contribution is -0.119. The van der Waals surface area contributed by atoms with Crippen LogP contribution in [0.5, 0.6) is 0 Å². The highest BCUT2D eigenvalue weighted by Gasteiger charge is 2.42. The molecular formula is C11H13NO3S. The van der Waals surface area contributed by atoms with Gasteiger partial charge in [-0.1, -0.05) is 25.1 Å². The van der Waals surface area contributed by atoms with E-state index in [1.807, 2.05) is 6.07 Å². The number of rotatable bonds is 1.